The predicted octanol–water partition coefficient (Wildman–Crippen LogP) is 2.30. The van der Waals surface area contributed by atoms with Crippen molar-refractivity contribution in [3.63, 3.8) is 0 Å². The van der Waals surface area contributed by atoms with Crippen LogP contribution in [0.1, 0.15) is 6.92 Å². The Kier molecular flexibility index (Phi) is 4.51. The molecule has 0 aliphatic carbocycles. The minimum Gasteiger partial charge on any atom is -0.396 e. The molecule has 0 aliphatic rings. The highest BCUT2D eigenvalue weighted by atomic mass is 32.2. The number of rotatable bonds is 4. The van der Waals surface area contributed by atoms with Gasteiger partial charge in [-0.2, -0.15) is 5.26 Å². The third-order valence-electron chi connectivity index (χ3n) is 1.94. The number of nitriles is 1. The van der Waals surface area contributed by atoms with Crippen molar-refractivity contribution in [1.82, 2.24) is 0 Å². The van der Waals surface area contributed by atoms with Crippen molar-refractivity contribution >= 4 is 11.8 Å². The fourth-order valence-corrected chi connectivity index (χ4v) is 1.99. The van der Waals surface area contributed by atoms with Crippen LogP contribution in [-0.4, -0.2) is 17.0 Å². The maximum atomic E-state index is 8.95. The Morgan fingerprint density at radius 3 is 2.57 bits per heavy atom. The molecule has 2 atom stereocenters. The lowest BCUT2D eigenvalue weighted by molar-refractivity contribution is 0.242. The summed E-state index contributed by atoms with van der Waals surface area (Å²) < 4.78 is 0. The van der Waals surface area contributed by atoms with Gasteiger partial charge >= 0.3 is 0 Å². The van der Waals surface area contributed by atoms with E-state index in [1.807, 2.05) is 37.3 Å². The fourth-order valence-electron chi connectivity index (χ4n) is 1.01. The SMILES string of the molecule is C[C@H](CO)C(C#N)Sc1ccccc1. The molecule has 2 nitrogen and oxygen atoms in total. The first-order valence-electron chi connectivity index (χ1n) is 4.50. The van der Waals surface area contributed by atoms with Crippen molar-refractivity contribution in [2.24, 2.45) is 5.92 Å². The van der Waals surface area contributed by atoms with Gasteiger partial charge in [-0.05, 0) is 12.1 Å². The van der Waals surface area contributed by atoms with E-state index in [4.69, 9.17) is 10.4 Å². The Bertz CT molecular complexity index is 307. The molecule has 1 aromatic rings. The van der Waals surface area contributed by atoms with Crippen LogP contribution in [0.25, 0.3) is 0 Å². The quantitative estimate of drug-likeness (QED) is 0.770. The molecule has 0 aliphatic heterocycles. The van der Waals surface area contributed by atoms with Crippen LogP contribution in [0.5, 0.6) is 0 Å². The number of nitrogens with zero attached hydrogens (tertiary/aromatic N) is 1. The average Bonchev–Trinajstić information content (AvgIpc) is 2.26. The Balaban J connectivity index is 2.63. The number of hydrogen-bond donors (Lipinski definition) is 1. The smallest absolute Gasteiger partial charge is 0.101 e. The molecule has 3 heteroatoms. The number of benzene rings is 1. The molecule has 1 N–H and O–H groups in total. The number of hydrogen-bond acceptors (Lipinski definition) is 3. The van der Waals surface area contributed by atoms with Gasteiger partial charge in [-0.1, -0.05) is 25.1 Å². The second-order valence-corrected chi connectivity index (χ2v) is 4.36. The van der Waals surface area contributed by atoms with Gasteiger partial charge in [-0.25, -0.2) is 0 Å². The topological polar surface area (TPSA) is 44.0 Å². The number of aliphatic hydroxyl groups is 1. The summed E-state index contributed by atoms with van der Waals surface area (Å²) in [6.45, 7) is 1.93. The third-order valence-corrected chi connectivity index (χ3v) is 3.31. The summed E-state index contributed by atoms with van der Waals surface area (Å²) >= 11 is 1.50. The summed E-state index contributed by atoms with van der Waals surface area (Å²) in [5.41, 5.74) is 0. The second kappa shape index (κ2) is 5.69. The molecular formula is C11H13NOS. The highest BCUT2D eigenvalue weighted by molar-refractivity contribution is 8.00. The first-order valence-corrected chi connectivity index (χ1v) is 5.38. The van der Waals surface area contributed by atoms with E-state index >= 15 is 0 Å². The van der Waals surface area contributed by atoms with E-state index in [1.165, 1.54) is 11.8 Å². The zero-order valence-electron chi connectivity index (χ0n) is 8.05. The van der Waals surface area contributed by atoms with Crippen LogP contribution in [0.4, 0.5) is 0 Å². The van der Waals surface area contributed by atoms with Crippen molar-refractivity contribution in [3.8, 4) is 6.07 Å². The molecule has 0 saturated heterocycles. The molecule has 1 rings (SSSR count). The Hall–Kier alpha value is -0.980. The monoisotopic (exact) mass is 207 g/mol. The lowest BCUT2D eigenvalue weighted by Crippen LogP contribution is -2.15. The average molecular weight is 207 g/mol. The molecule has 1 unspecified atom stereocenters. The predicted molar refractivity (Wildman–Crippen MR) is 57.9 cm³/mol. The molecule has 0 radical (unpaired) electrons. The minimum absolute atomic E-state index is 0.00482. The van der Waals surface area contributed by atoms with Crippen LogP contribution in [0, 0.1) is 17.2 Å². The van der Waals surface area contributed by atoms with E-state index < -0.39 is 0 Å². The van der Waals surface area contributed by atoms with Crippen molar-refractivity contribution in [3.05, 3.63) is 30.3 Å². The van der Waals surface area contributed by atoms with Crippen molar-refractivity contribution in [2.75, 3.05) is 6.61 Å². The Labute approximate surface area is 88.6 Å². The number of thioether (sulfide) groups is 1. The molecule has 1 aromatic carbocycles. The van der Waals surface area contributed by atoms with Gasteiger partial charge in [-0.15, -0.1) is 11.8 Å². The third kappa shape index (κ3) is 3.06. The fraction of sp³-hybridized carbons (Fsp3) is 0.364. The van der Waals surface area contributed by atoms with Gasteiger partial charge in [0.05, 0.1) is 6.07 Å². The van der Waals surface area contributed by atoms with Crippen LogP contribution in [-0.2, 0) is 0 Å². The van der Waals surface area contributed by atoms with Crippen LogP contribution in [0.15, 0.2) is 35.2 Å². The maximum Gasteiger partial charge on any atom is 0.101 e. The summed E-state index contributed by atoms with van der Waals surface area (Å²) in [6, 6.07) is 12.0. The zero-order chi connectivity index (χ0) is 10.4. The van der Waals surface area contributed by atoms with Gasteiger partial charge in [0, 0.05) is 17.4 Å². The molecule has 0 amide bonds. The molecule has 14 heavy (non-hydrogen) atoms. The van der Waals surface area contributed by atoms with Crippen LogP contribution in [0.2, 0.25) is 0 Å². The molecular weight excluding hydrogens is 194 g/mol. The lowest BCUT2D eigenvalue weighted by Gasteiger charge is -2.14. The van der Waals surface area contributed by atoms with Crippen molar-refractivity contribution in [2.45, 2.75) is 17.1 Å². The summed E-state index contributed by atoms with van der Waals surface area (Å²) in [5.74, 6) is 0.00482. The first kappa shape index (κ1) is 11.1. The van der Waals surface area contributed by atoms with E-state index in [0.717, 1.165) is 4.90 Å². The highest BCUT2D eigenvalue weighted by Gasteiger charge is 2.16. The second-order valence-electron chi connectivity index (χ2n) is 3.14. The van der Waals surface area contributed by atoms with Gasteiger partial charge in [0.15, 0.2) is 0 Å². The molecule has 0 spiro atoms. The molecule has 74 valence electrons. The minimum atomic E-state index is -0.178. The molecule has 0 heterocycles. The van der Waals surface area contributed by atoms with Gasteiger partial charge in [0.25, 0.3) is 0 Å². The van der Waals surface area contributed by atoms with Gasteiger partial charge in [0.1, 0.15) is 5.25 Å². The standard InChI is InChI=1S/C11H13NOS/c1-9(8-13)11(7-12)14-10-5-3-2-4-6-10/h2-6,9,11,13H,8H2,1H3/t9-,11?/m1/s1. The molecule has 0 bridgehead atoms. The van der Waals surface area contributed by atoms with E-state index in [2.05, 4.69) is 6.07 Å². The van der Waals surface area contributed by atoms with E-state index in [0.29, 0.717) is 0 Å². The summed E-state index contributed by atoms with van der Waals surface area (Å²) in [5, 5.41) is 17.7. The highest BCUT2D eigenvalue weighted by Crippen LogP contribution is 2.27. The first-order chi connectivity index (χ1) is 6.77. The van der Waals surface area contributed by atoms with Gasteiger partial charge in [0.2, 0.25) is 0 Å². The summed E-state index contributed by atoms with van der Waals surface area (Å²) in [4.78, 5) is 1.07. The molecule has 0 aromatic heterocycles. The van der Waals surface area contributed by atoms with Crippen molar-refractivity contribution < 1.29 is 5.11 Å². The lowest BCUT2D eigenvalue weighted by atomic mass is 10.1. The normalized spacial score (nSPS) is 14.4. The summed E-state index contributed by atoms with van der Waals surface area (Å²) in [6.07, 6.45) is 0. The summed E-state index contributed by atoms with van der Waals surface area (Å²) in [7, 11) is 0. The largest absolute Gasteiger partial charge is 0.396 e. The molecule has 0 saturated carbocycles. The van der Waals surface area contributed by atoms with Gasteiger partial charge in [-0.3, -0.25) is 0 Å². The number of aliphatic hydroxyl groups excluding tert-OH is 1. The van der Waals surface area contributed by atoms with Gasteiger partial charge < -0.3 is 5.11 Å². The Morgan fingerprint density at radius 2 is 2.07 bits per heavy atom. The van der Waals surface area contributed by atoms with Crippen LogP contribution < -0.4 is 0 Å². The van der Waals surface area contributed by atoms with E-state index in [-0.39, 0.29) is 17.8 Å². The van der Waals surface area contributed by atoms with Crippen molar-refractivity contribution in [1.29, 1.82) is 5.26 Å². The van der Waals surface area contributed by atoms with E-state index in [1.54, 1.807) is 0 Å². The van der Waals surface area contributed by atoms with Crippen LogP contribution in [0.3, 0.4) is 0 Å². The Morgan fingerprint density at radius 1 is 1.43 bits per heavy atom. The van der Waals surface area contributed by atoms with E-state index in [9.17, 15) is 0 Å². The maximum absolute atomic E-state index is 8.95. The molecule has 0 fully saturated rings. The van der Waals surface area contributed by atoms with Crippen LogP contribution >= 0.6 is 11.8 Å². The zero-order valence-corrected chi connectivity index (χ0v) is 8.87.